The Morgan fingerprint density at radius 1 is 0.950 bits per heavy atom. The largest absolute Gasteiger partial charge is 0.489 e. The van der Waals surface area contributed by atoms with Crippen LogP contribution >= 0.6 is 11.6 Å². The Morgan fingerprint density at radius 3 is 2.35 bits per heavy atom. The molecule has 3 atom stereocenters. The summed E-state index contributed by atoms with van der Waals surface area (Å²) in [6, 6.07) is 15.2. The Balaban J connectivity index is 1.01. The van der Waals surface area contributed by atoms with Crippen molar-refractivity contribution in [2.24, 2.45) is 11.1 Å². The van der Waals surface area contributed by atoms with Crippen molar-refractivity contribution < 1.29 is 38.9 Å². The van der Waals surface area contributed by atoms with Crippen molar-refractivity contribution in [2.75, 3.05) is 52.4 Å². The summed E-state index contributed by atoms with van der Waals surface area (Å²) in [5.41, 5.74) is 6.92. The van der Waals surface area contributed by atoms with Crippen LogP contribution in [0, 0.1) is 5.41 Å². The number of halogens is 1. The van der Waals surface area contributed by atoms with Gasteiger partial charge in [0, 0.05) is 92.6 Å². The second-order valence-corrected chi connectivity index (χ2v) is 17.3. The lowest BCUT2D eigenvalue weighted by Crippen LogP contribution is -2.54. The summed E-state index contributed by atoms with van der Waals surface area (Å²) in [5, 5.41) is 22.7. The molecule has 5 N–H and O–H groups in total. The van der Waals surface area contributed by atoms with Crippen molar-refractivity contribution in [2.45, 2.75) is 96.1 Å². The first-order valence-corrected chi connectivity index (χ1v) is 21.4. The number of aliphatic hydroxyl groups excluding tert-OH is 1. The molecule has 3 fully saturated rings. The molecule has 2 aromatic carbocycles. The molecule has 3 saturated heterocycles. The number of aliphatic carboxylic acids is 1. The van der Waals surface area contributed by atoms with Crippen LogP contribution < -0.4 is 15.8 Å². The van der Waals surface area contributed by atoms with Crippen LogP contribution in [-0.4, -0.2) is 118 Å². The number of aryl methyl sites for hydroxylation is 1. The number of nitrogens with two attached hydrogens (primary N) is 1. The molecule has 0 bridgehead atoms. The molecule has 3 aliphatic rings. The van der Waals surface area contributed by atoms with E-state index >= 15 is 0 Å². The molecule has 6 rings (SSSR count). The van der Waals surface area contributed by atoms with Crippen LogP contribution in [-0.2, 0) is 45.3 Å². The van der Waals surface area contributed by atoms with E-state index in [0.29, 0.717) is 66.5 Å². The molecular formula is C45H59ClN6O8. The highest BCUT2D eigenvalue weighted by atomic mass is 35.5. The van der Waals surface area contributed by atoms with Crippen molar-refractivity contribution in [3.63, 3.8) is 0 Å². The van der Waals surface area contributed by atoms with Gasteiger partial charge in [0.2, 0.25) is 17.7 Å². The normalized spacial score (nSPS) is 20.6. The highest BCUT2D eigenvalue weighted by molar-refractivity contribution is 6.31. The minimum absolute atomic E-state index is 0.0104. The van der Waals surface area contributed by atoms with E-state index in [1.54, 1.807) is 24.4 Å². The predicted molar refractivity (Wildman–Crippen MR) is 226 cm³/mol. The second-order valence-electron chi connectivity index (χ2n) is 16.9. The third kappa shape index (κ3) is 12.0. The van der Waals surface area contributed by atoms with Gasteiger partial charge in [0.15, 0.2) is 0 Å². The van der Waals surface area contributed by atoms with Crippen LogP contribution in [0.4, 0.5) is 0 Å². The predicted octanol–water partition coefficient (Wildman–Crippen LogP) is 4.57. The van der Waals surface area contributed by atoms with E-state index in [1.165, 1.54) is 18.7 Å². The molecule has 60 heavy (non-hydrogen) atoms. The molecule has 1 spiro atoms. The van der Waals surface area contributed by atoms with E-state index in [9.17, 15) is 29.4 Å². The quantitative estimate of drug-likeness (QED) is 0.132. The number of benzene rings is 2. The molecule has 0 radical (unpaired) electrons. The minimum Gasteiger partial charge on any atom is -0.489 e. The van der Waals surface area contributed by atoms with Gasteiger partial charge in [-0.2, -0.15) is 0 Å². The number of nitrogens with one attached hydrogen (secondary N) is 1. The number of nitrogens with zero attached hydrogens (tertiary/aromatic N) is 4. The summed E-state index contributed by atoms with van der Waals surface area (Å²) in [5.74, 6) is -1.23. The zero-order chi connectivity index (χ0) is 42.7. The number of carbonyl (C=O) groups is 4. The number of carboxylic acid groups (broad SMARTS) is 1. The van der Waals surface area contributed by atoms with E-state index in [-0.39, 0.29) is 48.5 Å². The van der Waals surface area contributed by atoms with Gasteiger partial charge in [-0.15, -0.1) is 0 Å². The van der Waals surface area contributed by atoms with Gasteiger partial charge in [-0.05, 0) is 87.7 Å². The number of rotatable bonds is 19. The molecule has 4 heterocycles. The Bertz CT molecular complexity index is 1970. The zero-order valence-electron chi connectivity index (χ0n) is 34.6. The van der Waals surface area contributed by atoms with E-state index in [2.05, 4.69) is 27.3 Å². The van der Waals surface area contributed by atoms with Gasteiger partial charge in [-0.1, -0.05) is 41.9 Å². The van der Waals surface area contributed by atoms with Gasteiger partial charge in [-0.25, -0.2) is 0 Å². The van der Waals surface area contributed by atoms with Crippen LogP contribution in [0.15, 0.2) is 60.9 Å². The highest BCUT2D eigenvalue weighted by Crippen LogP contribution is 2.39. The average Bonchev–Trinajstić information content (AvgIpc) is 3.71. The van der Waals surface area contributed by atoms with Crippen molar-refractivity contribution in [3.05, 3.63) is 93.8 Å². The number of pyridine rings is 1. The van der Waals surface area contributed by atoms with Gasteiger partial charge in [0.1, 0.15) is 17.9 Å². The number of hydrogen-bond acceptors (Lipinski definition) is 10. The summed E-state index contributed by atoms with van der Waals surface area (Å²) in [7, 11) is 0. The maximum atomic E-state index is 13.8. The van der Waals surface area contributed by atoms with Gasteiger partial charge in [-0.3, -0.25) is 29.5 Å². The molecular weight excluding hydrogens is 788 g/mol. The van der Waals surface area contributed by atoms with Gasteiger partial charge >= 0.3 is 5.97 Å². The number of piperidine rings is 2. The molecule has 3 aliphatic heterocycles. The molecule has 1 aromatic heterocycles. The van der Waals surface area contributed by atoms with Crippen molar-refractivity contribution >= 4 is 35.3 Å². The summed E-state index contributed by atoms with van der Waals surface area (Å²) in [4.78, 5) is 61.3. The SMILES string of the molecule is CC(CO)(NCc1cc(Cl)c(CCC(=O)N2CCCC3(CCCN(C(=O)CCCN4CCC(OCc5ccccc5)C4)C3)C2)cc1OCc1cncc(C(N)=O)c1)C(=O)O. The van der Waals surface area contributed by atoms with E-state index < -0.39 is 24.0 Å². The molecule has 15 heteroatoms. The summed E-state index contributed by atoms with van der Waals surface area (Å²) in [6.45, 7) is 6.86. The lowest BCUT2D eigenvalue weighted by molar-refractivity contribution is -0.146. The number of primary amides is 1. The number of likely N-dealkylation sites (tertiary alicyclic amines) is 3. The molecule has 324 valence electrons. The monoisotopic (exact) mass is 846 g/mol. The fraction of sp³-hybridized carbons (Fsp3) is 0.533. The smallest absolute Gasteiger partial charge is 0.326 e. The Kier molecular flexibility index (Phi) is 15.6. The molecule has 3 amide bonds. The number of hydrogen-bond donors (Lipinski definition) is 4. The number of aromatic nitrogens is 1. The Hall–Kier alpha value is -4.60. The molecule has 3 unspecified atom stereocenters. The van der Waals surface area contributed by atoms with Crippen molar-refractivity contribution in [1.29, 1.82) is 0 Å². The minimum atomic E-state index is -1.61. The Labute approximate surface area is 357 Å². The maximum Gasteiger partial charge on any atom is 0.326 e. The highest BCUT2D eigenvalue weighted by Gasteiger charge is 2.41. The summed E-state index contributed by atoms with van der Waals surface area (Å²) < 4.78 is 12.3. The molecule has 0 aliphatic carbocycles. The lowest BCUT2D eigenvalue weighted by atomic mass is 9.73. The van der Waals surface area contributed by atoms with Crippen LogP contribution in [0.2, 0.25) is 5.02 Å². The summed E-state index contributed by atoms with van der Waals surface area (Å²) in [6.07, 6.45) is 9.80. The zero-order valence-corrected chi connectivity index (χ0v) is 35.3. The van der Waals surface area contributed by atoms with Gasteiger partial charge in [0.25, 0.3) is 0 Å². The van der Waals surface area contributed by atoms with Crippen LogP contribution in [0.25, 0.3) is 0 Å². The number of ether oxygens (including phenoxy) is 2. The van der Waals surface area contributed by atoms with E-state index in [1.807, 2.05) is 28.0 Å². The first kappa shape index (κ1) is 44.9. The first-order valence-electron chi connectivity index (χ1n) is 21.1. The number of aliphatic hydroxyl groups is 1. The van der Waals surface area contributed by atoms with Crippen LogP contribution in [0.1, 0.15) is 90.9 Å². The Morgan fingerprint density at radius 2 is 1.67 bits per heavy atom. The number of carbonyl (C=O) groups excluding carboxylic acids is 3. The lowest BCUT2D eigenvalue weighted by Gasteiger charge is -2.48. The number of amides is 3. The van der Waals surface area contributed by atoms with Crippen molar-refractivity contribution in [3.8, 4) is 5.75 Å². The fourth-order valence-corrected chi connectivity index (χ4v) is 8.84. The third-order valence-corrected chi connectivity index (χ3v) is 12.6. The number of carboxylic acids is 1. The molecule has 3 aromatic rings. The standard InChI is InChI=1S/C45H59ClN6O8/c1-44(31-53,43(57)58)49-25-35-21-38(46)34(22-39(35)60-28-33-20-36(42(47)56)24-48-23-33)11-12-41(55)52-18-7-15-45(30-52)14-6-17-51(29-45)40(54)10-5-16-50-19-13-37(26-50)59-27-32-8-3-2-4-9-32/h2-4,8-9,20-24,37,49,53H,5-7,10-19,25-31H2,1H3,(H2,47,56)(H,57,58). The molecule has 14 nitrogen and oxygen atoms in total. The van der Waals surface area contributed by atoms with Gasteiger partial charge < -0.3 is 40.1 Å². The van der Waals surface area contributed by atoms with E-state index in [4.69, 9.17) is 26.8 Å². The topological polar surface area (TPSA) is 188 Å². The van der Waals surface area contributed by atoms with Crippen LogP contribution in [0.5, 0.6) is 5.75 Å². The maximum absolute atomic E-state index is 13.8. The first-order chi connectivity index (χ1) is 28.8. The second kappa shape index (κ2) is 20.8. The summed E-state index contributed by atoms with van der Waals surface area (Å²) >= 11 is 6.78. The average molecular weight is 847 g/mol. The van der Waals surface area contributed by atoms with Crippen LogP contribution in [0.3, 0.4) is 0 Å². The molecule has 0 saturated carbocycles. The fourth-order valence-electron chi connectivity index (χ4n) is 8.56. The third-order valence-electron chi connectivity index (χ3n) is 12.2. The van der Waals surface area contributed by atoms with E-state index in [0.717, 1.165) is 64.7 Å². The van der Waals surface area contributed by atoms with Crippen molar-refractivity contribution in [1.82, 2.24) is 25.0 Å². The van der Waals surface area contributed by atoms with Gasteiger partial charge in [0.05, 0.1) is 24.9 Å².